The smallest absolute Gasteiger partial charge is 0.242 e. The Bertz CT molecular complexity index is 312. The Hall–Kier alpha value is 0.197. The zero-order valence-corrected chi connectivity index (χ0v) is 13.5. The van der Waals surface area contributed by atoms with E-state index in [-0.39, 0.29) is 0 Å². The zero-order chi connectivity index (χ0) is 11.5. The highest BCUT2D eigenvalue weighted by molar-refractivity contribution is 9.08. The van der Waals surface area contributed by atoms with Crippen molar-refractivity contribution in [3.63, 3.8) is 0 Å². The number of hydrogen-bond donors (Lipinski definition) is 0. The minimum Gasteiger partial charge on any atom is -0.544 e. The lowest BCUT2D eigenvalue weighted by atomic mass is 10.1. The highest BCUT2D eigenvalue weighted by Gasteiger charge is 2.16. The van der Waals surface area contributed by atoms with E-state index < -0.39 is 8.32 Å². The zero-order valence-electron chi connectivity index (χ0n) is 9.31. The molecule has 1 rings (SSSR count). The standard InChI is InChI=1S/C11H16Br2OSi/c1-15(2,3)14-11-5-9(7-12)4-10(6-11)8-13/h4-6H,7-8H2,1-3H3. The number of hydrogen-bond acceptors (Lipinski definition) is 1. The molecule has 15 heavy (non-hydrogen) atoms. The molecule has 0 aliphatic rings. The van der Waals surface area contributed by atoms with Crippen LogP contribution in [0, 0.1) is 0 Å². The molecule has 0 spiro atoms. The molecule has 1 nitrogen and oxygen atoms in total. The minimum atomic E-state index is -1.50. The molecule has 0 radical (unpaired) electrons. The van der Waals surface area contributed by atoms with Gasteiger partial charge in [0.1, 0.15) is 5.75 Å². The van der Waals surface area contributed by atoms with Gasteiger partial charge in [-0.2, -0.15) is 0 Å². The first-order valence-electron chi connectivity index (χ1n) is 4.88. The third-order valence-corrected chi connectivity index (χ3v) is 3.90. The summed E-state index contributed by atoms with van der Waals surface area (Å²) in [5.74, 6) is 1.00. The van der Waals surface area contributed by atoms with E-state index in [2.05, 4.69) is 69.7 Å². The summed E-state index contributed by atoms with van der Waals surface area (Å²) >= 11 is 6.95. The molecule has 84 valence electrons. The molecular weight excluding hydrogens is 336 g/mol. The van der Waals surface area contributed by atoms with Crippen LogP contribution in [-0.4, -0.2) is 8.32 Å². The van der Waals surface area contributed by atoms with E-state index >= 15 is 0 Å². The molecule has 0 aliphatic carbocycles. The van der Waals surface area contributed by atoms with Gasteiger partial charge < -0.3 is 4.43 Å². The Morgan fingerprint density at radius 1 is 1.00 bits per heavy atom. The van der Waals surface area contributed by atoms with E-state index in [1.165, 1.54) is 11.1 Å². The lowest BCUT2D eigenvalue weighted by molar-refractivity contribution is 0.556. The van der Waals surface area contributed by atoms with Crippen LogP contribution in [0.4, 0.5) is 0 Å². The number of rotatable bonds is 4. The van der Waals surface area contributed by atoms with Crippen molar-refractivity contribution >= 4 is 40.2 Å². The van der Waals surface area contributed by atoms with Crippen molar-refractivity contribution in [3.8, 4) is 5.75 Å². The highest BCUT2D eigenvalue weighted by Crippen LogP contribution is 2.23. The molecule has 0 unspecified atom stereocenters. The average molecular weight is 352 g/mol. The second-order valence-corrected chi connectivity index (χ2v) is 10.0. The van der Waals surface area contributed by atoms with Crippen molar-refractivity contribution in [1.29, 1.82) is 0 Å². The molecule has 0 saturated heterocycles. The molecule has 0 aliphatic heterocycles. The third kappa shape index (κ3) is 4.70. The van der Waals surface area contributed by atoms with Gasteiger partial charge in [0.05, 0.1) is 0 Å². The lowest BCUT2D eigenvalue weighted by Crippen LogP contribution is -2.29. The molecule has 0 fully saturated rings. The molecule has 0 saturated carbocycles. The predicted molar refractivity (Wildman–Crippen MR) is 75.7 cm³/mol. The Labute approximate surface area is 110 Å². The molecule has 4 heteroatoms. The Balaban J connectivity index is 2.97. The summed E-state index contributed by atoms with van der Waals surface area (Å²) in [7, 11) is -1.50. The van der Waals surface area contributed by atoms with Crippen LogP contribution in [0.3, 0.4) is 0 Å². The molecule has 0 aromatic heterocycles. The monoisotopic (exact) mass is 350 g/mol. The van der Waals surface area contributed by atoms with E-state index in [4.69, 9.17) is 4.43 Å². The Morgan fingerprint density at radius 3 is 1.80 bits per heavy atom. The van der Waals surface area contributed by atoms with Crippen LogP contribution in [0.25, 0.3) is 0 Å². The first-order valence-corrected chi connectivity index (χ1v) is 10.5. The van der Waals surface area contributed by atoms with Crippen LogP contribution >= 0.6 is 31.9 Å². The van der Waals surface area contributed by atoms with Gasteiger partial charge in [-0.05, 0) is 42.9 Å². The lowest BCUT2D eigenvalue weighted by Gasteiger charge is -2.20. The Morgan fingerprint density at radius 2 is 1.47 bits per heavy atom. The highest BCUT2D eigenvalue weighted by atomic mass is 79.9. The largest absolute Gasteiger partial charge is 0.544 e. The summed E-state index contributed by atoms with van der Waals surface area (Å²) in [6.45, 7) is 6.59. The van der Waals surface area contributed by atoms with Gasteiger partial charge in [-0.3, -0.25) is 0 Å². The van der Waals surface area contributed by atoms with Gasteiger partial charge in [-0.1, -0.05) is 37.9 Å². The SMILES string of the molecule is C[Si](C)(C)Oc1cc(CBr)cc(CBr)c1. The van der Waals surface area contributed by atoms with Crippen LogP contribution in [0.2, 0.25) is 19.6 Å². The van der Waals surface area contributed by atoms with Gasteiger partial charge in [0.25, 0.3) is 0 Å². The van der Waals surface area contributed by atoms with Crippen molar-refractivity contribution < 1.29 is 4.43 Å². The van der Waals surface area contributed by atoms with E-state index in [0.29, 0.717) is 0 Å². The summed E-state index contributed by atoms with van der Waals surface area (Å²) in [4.78, 5) is 0. The van der Waals surface area contributed by atoms with Crippen LogP contribution in [0.1, 0.15) is 11.1 Å². The quantitative estimate of drug-likeness (QED) is 0.564. The van der Waals surface area contributed by atoms with Gasteiger partial charge in [-0.15, -0.1) is 0 Å². The molecule has 0 atom stereocenters. The minimum absolute atomic E-state index is 0.871. The molecule has 0 N–H and O–H groups in total. The summed E-state index contributed by atoms with van der Waals surface area (Å²) < 4.78 is 5.98. The van der Waals surface area contributed by atoms with E-state index in [9.17, 15) is 0 Å². The molecule has 1 aromatic carbocycles. The molecule has 0 bridgehead atoms. The first-order chi connectivity index (χ1) is 6.94. The predicted octanol–water partition coefficient (Wildman–Crippen LogP) is 4.69. The summed E-state index contributed by atoms with van der Waals surface area (Å²) in [5.41, 5.74) is 2.53. The first kappa shape index (κ1) is 13.3. The van der Waals surface area contributed by atoms with Gasteiger partial charge in [0.15, 0.2) is 0 Å². The Kier molecular flexibility index (Phi) is 4.87. The van der Waals surface area contributed by atoms with Gasteiger partial charge in [-0.25, -0.2) is 0 Å². The van der Waals surface area contributed by atoms with E-state index in [0.717, 1.165) is 16.4 Å². The number of halogens is 2. The van der Waals surface area contributed by atoms with Crippen molar-refractivity contribution in [1.82, 2.24) is 0 Å². The van der Waals surface area contributed by atoms with Crippen molar-refractivity contribution in [3.05, 3.63) is 29.3 Å². The van der Waals surface area contributed by atoms with Gasteiger partial charge in [0.2, 0.25) is 8.32 Å². The maximum atomic E-state index is 5.98. The number of benzene rings is 1. The summed E-state index contributed by atoms with van der Waals surface area (Å²) in [6.07, 6.45) is 0. The maximum Gasteiger partial charge on any atom is 0.242 e. The van der Waals surface area contributed by atoms with Crippen LogP contribution in [-0.2, 0) is 10.7 Å². The topological polar surface area (TPSA) is 9.23 Å². The van der Waals surface area contributed by atoms with E-state index in [1.807, 2.05) is 0 Å². The van der Waals surface area contributed by atoms with Gasteiger partial charge in [0, 0.05) is 10.7 Å². The fourth-order valence-corrected chi connectivity index (χ4v) is 2.77. The number of alkyl halides is 2. The van der Waals surface area contributed by atoms with E-state index in [1.54, 1.807) is 0 Å². The fourth-order valence-electron chi connectivity index (χ4n) is 1.30. The molecule has 0 amide bonds. The normalized spacial score (nSPS) is 11.5. The van der Waals surface area contributed by atoms with Crippen molar-refractivity contribution in [2.24, 2.45) is 0 Å². The maximum absolute atomic E-state index is 5.98. The molecular formula is C11H16Br2OSi. The summed E-state index contributed by atoms with van der Waals surface area (Å²) in [5, 5.41) is 1.74. The second-order valence-electron chi connectivity index (χ2n) is 4.47. The van der Waals surface area contributed by atoms with Crippen LogP contribution in [0.15, 0.2) is 18.2 Å². The van der Waals surface area contributed by atoms with Crippen LogP contribution in [0.5, 0.6) is 5.75 Å². The van der Waals surface area contributed by atoms with Crippen molar-refractivity contribution in [2.75, 3.05) is 0 Å². The van der Waals surface area contributed by atoms with Gasteiger partial charge >= 0.3 is 0 Å². The second kappa shape index (κ2) is 5.50. The molecule has 1 aromatic rings. The summed E-state index contributed by atoms with van der Waals surface area (Å²) in [6, 6.07) is 6.40. The van der Waals surface area contributed by atoms with Crippen LogP contribution < -0.4 is 4.43 Å². The van der Waals surface area contributed by atoms with Crippen molar-refractivity contribution in [2.45, 2.75) is 30.3 Å². The molecule has 0 heterocycles. The average Bonchev–Trinajstić information content (AvgIpc) is 2.14. The fraction of sp³-hybridized carbons (Fsp3) is 0.455. The third-order valence-electron chi connectivity index (χ3n) is 1.76.